The molecule has 0 bridgehead atoms. The van der Waals surface area contributed by atoms with Gasteiger partial charge in [-0.15, -0.1) is 0 Å². The molecule has 1 saturated heterocycles. The van der Waals surface area contributed by atoms with Crippen LogP contribution in [0.2, 0.25) is 0 Å². The molecule has 0 amide bonds. The van der Waals surface area contributed by atoms with Crippen molar-refractivity contribution in [3.05, 3.63) is 89.2 Å². The van der Waals surface area contributed by atoms with Crippen LogP contribution in [0.25, 0.3) is 6.08 Å². The summed E-state index contributed by atoms with van der Waals surface area (Å²) in [6.07, 6.45) is 6.11. The summed E-state index contributed by atoms with van der Waals surface area (Å²) < 4.78 is 47.6. The van der Waals surface area contributed by atoms with Crippen LogP contribution in [0, 0.1) is 23.4 Å². The number of allylic oxidation sites excluding steroid dienone is 1. The van der Waals surface area contributed by atoms with E-state index in [1.807, 2.05) is 36.1 Å². The van der Waals surface area contributed by atoms with Gasteiger partial charge in [-0.1, -0.05) is 24.7 Å². The zero-order valence-corrected chi connectivity index (χ0v) is 21.4. The SMILES string of the molecule is C=CN(/C=C(/C)N)c1ccc(/C=C2\CC(C)CN3C2=NOCC3(C)c2cc(F)c(F)c(F)c2)cc1OC. The maximum atomic E-state index is 14.1. The standard InChI is InChI=1S/C28H31F3N4O2/c1-6-34(15-18(3)32)24-8-7-19(11-25(24)36-5)10-20-9-17(2)14-35-27(20)33-37-16-28(35,4)21-12-22(29)26(31)23(30)13-21/h6-8,10-13,15,17H,1,9,14,16,32H2,2-5H3/b18-15-,20-10+. The van der Waals surface area contributed by atoms with Crippen molar-refractivity contribution in [1.29, 1.82) is 0 Å². The van der Waals surface area contributed by atoms with Gasteiger partial charge in [0.15, 0.2) is 23.3 Å². The molecule has 1 fully saturated rings. The molecule has 6 nitrogen and oxygen atoms in total. The summed E-state index contributed by atoms with van der Waals surface area (Å²) in [7, 11) is 1.59. The number of benzene rings is 2. The Hall–Kier alpha value is -3.88. The number of fused-ring (bicyclic) bond motifs is 1. The van der Waals surface area contributed by atoms with Crippen molar-refractivity contribution in [2.45, 2.75) is 32.7 Å². The fraction of sp³-hybridized carbons (Fsp3) is 0.321. The minimum atomic E-state index is -1.49. The van der Waals surface area contributed by atoms with Crippen LogP contribution in [0.1, 0.15) is 38.3 Å². The molecule has 9 heteroatoms. The van der Waals surface area contributed by atoms with Crippen molar-refractivity contribution in [3.8, 4) is 5.75 Å². The van der Waals surface area contributed by atoms with Crippen LogP contribution in [0.5, 0.6) is 5.75 Å². The Morgan fingerprint density at radius 2 is 1.97 bits per heavy atom. The molecule has 4 rings (SSSR count). The molecular formula is C28H31F3N4O2. The van der Waals surface area contributed by atoms with Crippen molar-refractivity contribution in [2.75, 3.05) is 25.2 Å². The van der Waals surface area contributed by atoms with E-state index in [9.17, 15) is 13.2 Å². The molecule has 2 heterocycles. The van der Waals surface area contributed by atoms with Gasteiger partial charge in [0, 0.05) is 24.6 Å². The predicted octanol–water partition coefficient (Wildman–Crippen LogP) is 5.87. The molecule has 2 aromatic rings. The van der Waals surface area contributed by atoms with Gasteiger partial charge in [0.05, 0.1) is 12.8 Å². The molecule has 0 aliphatic carbocycles. The number of nitrogens with two attached hydrogens (primary N) is 1. The average Bonchev–Trinajstić information content (AvgIpc) is 2.86. The highest BCUT2D eigenvalue weighted by Gasteiger charge is 2.44. The highest BCUT2D eigenvalue weighted by molar-refractivity contribution is 6.03. The van der Waals surface area contributed by atoms with Crippen LogP contribution in [0.4, 0.5) is 18.9 Å². The van der Waals surface area contributed by atoms with Crippen molar-refractivity contribution in [2.24, 2.45) is 16.8 Å². The number of amidine groups is 1. The summed E-state index contributed by atoms with van der Waals surface area (Å²) >= 11 is 0. The molecular weight excluding hydrogens is 481 g/mol. The van der Waals surface area contributed by atoms with E-state index >= 15 is 0 Å². The Balaban J connectivity index is 1.73. The molecule has 2 N–H and O–H groups in total. The zero-order chi connectivity index (χ0) is 26.9. The first kappa shape index (κ1) is 26.2. The molecule has 196 valence electrons. The van der Waals surface area contributed by atoms with E-state index in [4.69, 9.17) is 15.3 Å². The van der Waals surface area contributed by atoms with Crippen LogP contribution in [0.15, 0.2) is 65.7 Å². The first-order valence-corrected chi connectivity index (χ1v) is 11.9. The summed E-state index contributed by atoms with van der Waals surface area (Å²) in [5, 5.41) is 4.32. The highest BCUT2D eigenvalue weighted by Crippen LogP contribution is 2.40. The van der Waals surface area contributed by atoms with E-state index < -0.39 is 23.0 Å². The second-order valence-corrected chi connectivity index (χ2v) is 9.70. The van der Waals surface area contributed by atoms with Gasteiger partial charge < -0.3 is 25.1 Å². The number of oxime groups is 1. The summed E-state index contributed by atoms with van der Waals surface area (Å²) in [4.78, 5) is 9.34. The van der Waals surface area contributed by atoms with E-state index in [1.54, 1.807) is 31.3 Å². The van der Waals surface area contributed by atoms with Crippen LogP contribution in [-0.4, -0.2) is 31.0 Å². The summed E-state index contributed by atoms with van der Waals surface area (Å²) in [5.41, 5.74) is 8.34. The molecule has 2 aromatic carbocycles. The van der Waals surface area contributed by atoms with Gasteiger partial charge in [-0.05, 0) is 73.2 Å². The number of halogens is 3. The molecule has 2 unspecified atom stereocenters. The Morgan fingerprint density at radius 1 is 1.27 bits per heavy atom. The third-order valence-electron chi connectivity index (χ3n) is 6.67. The van der Waals surface area contributed by atoms with Crippen molar-refractivity contribution < 1.29 is 22.7 Å². The monoisotopic (exact) mass is 512 g/mol. The Labute approximate surface area is 215 Å². The third-order valence-corrected chi connectivity index (χ3v) is 6.67. The van der Waals surface area contributed by atoms with E-state index in [0.717, 1.165) is 35.4 Å². The molecule has 0 radical (unpaired) electrons. The largest absolute Gasteiger partial charge is 0.495 e. The Bertz CT molecular complexity index is 1280. The van der Waals surface area contributed by atoms with Gasteiger partial charge in [0.25, 0.3) is 0 Å². The lowest BCUT2D eigenvalue weighted by atomic mass is 9.84. The number of ether oxygens (including phenoxy) is 1. The van der Waals surface area contributed by atoms with Gasteiger partial charge in [-0.2, -0.15) is 0 Å². The summed E-state index contributed by atoms with van der Waals surface area (Å²) in [6, 6.07) is 7.80. The minimum absolute atomic E-state index is 0.0645. The fourth-order valence-electron chi connectivity index (χ4n) is 4.81. The Kier molecular flexibility index (Phi) is 7.25. The number of methoxy groups -OCH3 is 1. The number of piperidine rings is 1. The lowest BCUT2D eigenvalue weighted by molar-refractivity contribution is -0.00365. The number of rotatable bonds is 6. The lowest BCUT2D eigenvalue weighted by Crippen LogP contribution is -2.57. The van der Waals surface area contributed by atoms with Gasteiger partial charge in [0.1, 0.15) is 17.9 Å². The van der Waals surface area contributed by atoms with Crippen molar-refractivity contribution >= 4 is 17.6 Å². The molecule has 2 aliphatic heterocycles. The van der Waals surface area contributed by atoms with Crippen LogP contribution < -0.4 is 15.4 Å². The van der Waals surface area contributed by atoms with Gasteiger partial charge in [-0.25, -0.2) is 13.2 Å². The van der Waals surface area contributed by atoms with E-state index in [-0.39, 0.29) is 18.1 Å². The minimum Gasteiger partial charge on any atom is -0.495 e. The van der Waals surface area contributed by atoms with E-state index in [2.05, 4.69) is 18.7 Å². The molecule has 0 spiro atoms. The van der Waals surface area contributed by atoms with Crippen LogP contribution in [0.3, 0.4) is 0 Å². The van der Waals surface area contributed by atoms with E-state index in [1.165, 1.54) is 0 Å². The maximum absolute atomic E-state index is 14.1. The highest BCUT2D eigenvalue weighted by atomic mass is 19.2. The molecule has 2 aliphatic rings. The summed E-state index contributed by atoms with van der Waals surface area (Å²) in [5.74, 6) is -2.54. The quantitative estimate of drug-likeness (QED) is 0.491. The van der Waals surface area contributed by atoms with Crippen molar-refractivity contribution in [3.63, 3.8) is 0 Å². The molecule has 0 aromatic heterocycles. The van der Waals surface area contributed by atoms with Crippen LogP contribution >= 0.6 is 0 Å². The molecule has 37 heavy (non-hydrogen) atoms. The second kappa shape index (κ2) is 10.2. The third kappa shape index (κ3) is 5.03. The Morgan fingerprint density at radius 3 is 2.59 bits per heavy atom. The number of hydrogen-bond acceptors (Lipinski definition) is 6. The number of hydrogen-bond donors (Lipinski definition) is 1. The predicted molar refractivity (Wildman–Crippen MR) is 139 cm³/mol. The molecule has 0 saturated carbocycles. The van der Waals surface area contributed by atoms with Gasteiger partial charge >= 0.3 is 0 Å². The second-order valence-electron chi connectivity index (χ2n) is 9.70. The van der Waals surface area contributed by atoms with Crippen molar-refractivity contribution in [1.82, 2.24) is 4.90 Å². The fourth-order valence-corrected chi connectivity index (χ4v) is 4.81. The van der Waals surface area contributed by atoms with Gasteiger partial charge in [0.2, 0.25) is 0 Å². The average molecular weight is 513 g/mol. The number of nitrogens with zero attached hydrogens (tertiary/aromatic N) is 3. The first-order valence-electron chi connectivity index (χ1n) is 11.9. The van der Waals surface area contributed by atoms with Crippen LogP contribution in [-0.2, 0) is 10.4 Å². The van der Waals surface area contributed by atoms with E-state index in [0.29, 0.717) is 23.8 Å². The van der Waals surface area contributed by atoms with Gasteiger partial charge in [-0.3, -0.25) is 0 Å². The molecule has 2 atom stereocenters. The first-order chi connectivity index (χ1) is 17.6. The zero-order valence-electron chi connectivity index (χ0n) is 21.4. The lowest BCUT2D eigenvalue weighted by Gasteiger charge is -2.49. The number of anilines is 1. The normalized spacial score (nSPS) is 22.7. The topological polar surface area (TPSA) is 63.3 Å². The smallest absolute Gasteiger partial charge is 0.194 e. The maximum Gasteiger partial charge on any atom is 0.194 e. The summed E-state index contributed by atoms with van der Waals surface area (Å²) in [6.45, 7) is 10.2.